The quantitative estimate of drug-likeness (QED) is 0.816. The topological polar surface area (TPSA) is 29.5 Å². The average molecular weight is 250 g/mol. The van der Waals surface area contributed by atoms with Gasteiger partial charge in [-0.1, -0.05) is 0 Å². The Morgan fingerprint density at radius 1 is 0.889 bits per heavy atom. The predicted octanol–water partition coefficient (Wildman–Crippen LogP) is 2.70. The van der Waals surface area contributed by atoms with Crippen molar-refractivity contribution in [2.24, 2.45) is 41.4 Å². The van der Waals surface area contributed by atoms with Gasteiger partial charge in [-0.15, -0.1) is 0 Å². The highest BCUT2D eigenvalue weighted by atomic mass is 16.5. The first kappa shape index (κ1) is 11.7. The van der Waals surface area contributed by atoms with E-state index in [-0.39, 0.29) is 0 Å². The minimum absolute atomic E-state index is 0.438. The van der Waals surface area contributed by atoms with Gasteiger partial charge in [-0.25, -0.2) is 0 Å². The van der Waals surface area contributed by atoms with E-state index in [1.807, 2.05) is 7.11 Å². The Balaban J connectivity index is 1.54. The van der Waals surface area contributed by atoms with Crippen molar-refractivity contribution in [3.05, 3.63) is 0 Å². The van der Waals surface area contributed by atoms with Crippen LogP contribution in [0.25, 0.3) is 0 Å². The van der Waals surface area contributed by atoms with E-state index >= 15 is 0 Å². The Morgan fingerprint density at radius 2 is 1.72 bits per heavy atom. The zero-order valence-corrected chi connectivity index (χ0v) is 11.4. The first-order chi connectivity index (χ1) is 8.81. The Bertz CT molecular complexity index is 329. The summed E-state index contributed by atoms with van der Waals surface area (Å²) in [6.45, 7) is 0.438. The monoisotopic (exact) mass is 250 g/mol. The van der Waals surface area contributed by atoms with Crippen LogP contribution in [0.3, 0.4) is 0 Å². The molecule has 1 N–H and O–H groups in total. The molecule has 4 aliphatic carbocycles. The van der Waals surface area contributed by atoms with Gasteiger partial charge in [-0.2, -0.15) is 0 Å². The van der Waals surface area contributed by atoms with Crippen molar-refractivity contribution in [2.75, 3.05) is 13.7 Å². The van der Waals surface area contributed by atoms with Crippen LogP contribution in [0.15, 0.2) is 0 Å². The molecular weight excluding hydrogens is 224 g/mol. The minimum atomic E-state index is 0.438. The summed E-state index contributed by atoms with van der Waals surface area (Å²) in [5.74, 6) is 6.19. The lowest BCUT2D eigenvalue weighted by atomic mass is 9.62. The van der Waals surface area contributed by atoms with Crippen LogP contribution in [0.4, 0.5) is 0 Å². The Morgan fingerprint density at radius 3 is 2.50 bits per heavy atom. The Kier molecular flexibility index (Phi) is 2.74. The molecule has 4 rings (SSSR count). The van der Waals surface area contributed by atoms with E-state index in [0.717, 1.165) is 35.5 Å². The van der Waals surface area contributed by atoms with Gasteiger partial charge in [0.1, 0.15) is 0 Å². The minimum Gasteiger partial charge on any atom is -0.396 e. The molecule has 8 unspecified atom stereocenters. The molecule has 0 radical (unpaired) electrons. The van der Waals surface area contributed by atoms with Crippen molar-refractivity contribution < 1.29 is 9.84 Å². The van der Waals surface area contributed by atoms with E-state index in [9.17, 15) is 5.11 Å². The average Bonchev–Trinajstić information content (AvgIpc) is 3.08. The van der Waals surface area contributed by atoms with Crippen molar-refractivity contribution in [1.29, 1.82) is 0 Å². The summed E-state index contributed by atoms with van der Waals surface area (Å²) < 4.78 is 5.71. The number of hydrogen-bond acceptors (Lipinski definition) is 2. The molecule has 4 fully saturated rings. The summed E-state index contributed by atoms with van der Waals surface area (Å²) in [5, 5.41) is 9.54. The van der Waals surface area contributed by atoms with Gasteiger partial charge in [0.2, 0.25) is 0 Å². The van der Waals surface area contributed by atoms with Crippen LogP contribution in [0, 0.1) is 41.4 Å². The summed E-state index contributed by atoms with van der Waals surface area (Å²) >= 11 is 0. The predicted molar refractivity (Wildman–Crippen MR) is 70.0 cm³/mol. The fourth-order valence-corrected chi connectivity index (χ4v) is 6.34. The first-order valence-electron chi connectivity index (χ1n) is 7.95. The van der Waals surface area contributed by atoms with Crippen LogP contribution >= 0.6 is 0 Å². The number of fused-ring (bicyclic) bond motifs is 6. The van der Waals surface area contributed by atoms with Crippen LogP contribution in [0.5, 0.6) is 0 Å². The van der Waals surface area contributed by atoms with Crippen molar-refractivity contribution in [1.82, 2.24) is 0 Å². The molecule has 4 saturated carbocycles. The highest BCUT2D eigenvalue weighted by molar-refractivity contribution is 5.06. The van der Waals surface area contributed by atoms with Crippen LogP contribution in [-0.4, -0.2) is 24.9 Å². The lowest BCUT2D eigenvalue weighted by Crippen LogP contribution is -2.40. The highest BCUT2D eigenvalue weighted by Gasteiger charge is 2.57. The Labute approximate surface area is 110 Å². The lowest BCUT2D eigenvalue weighted by molar-refractivity contribution is -0.0232. The van der Waals surface area contributed by atoms with Gasteiger partial charge in [0.05, 0.1) is 6.10 Å². The molecule has 4 aliphatic rings. The molecule has 2 nitrogen and oxygen atoms in total. The van der Waals surface area contributed by atoms with Crippen molar-refractivity contribution >= 4 is 0 Å². The van der Waals surface area contributed by atoms with Gasteiger partial charge in [-0.3, -0.25) is 0 Å². The van der Waals surface area contributed by atoms with Gasteiger partial charge < -0.3 is 9.84 Å². The van der Waals surface area contributed by atoms with E-state index in [1.165, 1.54) is 38.5 Å². The summed E-state index contributed by atoms with van der Waals surface area (Å²) in [7, 11) is 1.91. The van der Waals surface area contributed by atoms with Crippen molar-refractivity contribution in [2.45, 2.75) is 44.6 Å². The smallest absolute Gasteiger partial charge is 0.0605 e. The van der Waals surface area contributed by atoms with Crippen LogP contribution in [0.2, 0.25) is 0 Å². The van der Waals surface area contributed by atoms with Crippen LogP contribution in [0.1, 0.15) is 38.5 Å². The number of ether oxygens (including phenoxy) is 1. The summed E-state index contributed by atoms with van der Waals surface area (Å²) in [5.41, 5.74) is 0. The largest absolute Gasteiger partial charge is 0.396 e. The second-order valence-electron chi connectivity index (χ2n) is 7.41. The molecule has 8 atom stereocenters. The maximum absolute atomic E-state index is 9.54. The third kappa shape index (κ3) is 1.48. The molecule has 0 aromatic carbocycles. The van der Waals surface area contributed by atoms with Crippen LogP contribution in [-0.2, 0) is 4.74 Å². The number of methoxy groups -OCH3 is 1. The SMILES string of the molecule is COC1CC2CC1C1CC3CCC(CO)C3CC21. The summed E-state index contributed by atoms with van der Waals surface area (Å²) in [4.78, 5) is 0. The zero-order valence-electron chi connectivity index (χ0n) is 11.4. The molecule has 102 valence electrons. The molecule has 0 spiro atoms. The zero-order chi connectivity index (χ0) is 12.3. The fourth-order valence-electron chi connectivity index (χ4n) is 6.34. The lowest BCUT2D eigenvalue weighted by Gasteiger charge is -2.44. The van der Waals surface area contributed by atoms with Crippen molar-refractivity contribution in [3.63, 3.8) is 0 Å². The molecule has 0 saturated heterocycles. The van der Waals surface area contributed by atoms with Crippen LogP contribution < -0.4 is 0 Å². The van der Waals surface area contributed by atoms with Gasteiger partial charge in [0.15, 0.2) is 0 Å². The van der Waals surface area contributed by atoms with Gasteiger partial charge >= 0.3 is 0 Å². The number of rotatable bonds is 2. The van der Waals surface area contributed by atoms with E-state index in [4.69, 9.17) is 4.74 Å². The van der Waals surface area contributed by atoms with Crippen molar-refractivity contribution in [3.8, 4) is 0 Å². The summed E-state index contributed by atoms with van der Waals surface area (Å²) in [6.07, 6.45) is 8.89. The molecule has 2 heteroatoms. The molecular formula is C16H26O2. The fraction of sp³-hybridized carbons (Fsp3) is 1.00. The second-order valence-corrected chi connectivity index (χ2v) is 7.41. The van der Waals surface area contributed by atoms with E-state index in [1.54, 1.807) is 0 Å². The number of aliphatic hydroxyl groups excluding tert-OH is 1. The van der Waals surface area contributed by atoms with E-state index in [0.29, 0.717) is 18.6 Å². The third-order valence-corrected chi connectivity index (χ3v) is 7.07. The molecule has 0 aliphatic heterocycles. The number of aliphatic hydroxyl groups is 1. The van der Waals surface area contributed by atoms with Gasteiger partial charge in [0.25, 0.3) is 0 Å². The van der Waals surface area contributed by atoms with Gasteiger partial charge in [0, 0.05) is 13.7 Å². The van der Waals surface area contributed by atoms with E-state index < -0.39 is 0 Å². The van der Waals surface area contributed by atoms with Gasteiger partial charge in [-0.05, 0) is 80.0 Å². The van der Waals surface area contributed by atoms with E-state index in [2.05, 4.69) is 0 Å². The standard InChI is InChI=1S/C16H26O2/c1-18-16-6-11-5-15(16)14-4-9-2-3-10(8-17)12(9)7-13(11)14/h9-17H,2-8H2,1H3. The third-order valence-electron chi connectivity index (χ3n) is 7.07. The number of hydrogen-bond donors (Lipinski definition) is 1. The first-order valence-corrected chi connectivity index (χ1v) is 7.95. The Hall–Kier alpha value is -0.0800. The molecule has 18 heavy (non-hydrogen) atoms. The molecule has 0 aromatic heterocycles. The molecule has 0 amide bonds. The molecule has 0 heterocycles. The summed E-state index contributed by atoms with van der Waals surface area (Å²) in [6, 6.07) is 0. The highest BCUT2D eigenvalue weighted by Crippen LogP contribution is 2.62. The molecule has 0 aromatic rings. The maximum Gasteiger partial charge on any atom is 0.0605 e. The maximum atomic E-state index is 9.54. The second kappa shape index (κ2) is 4.21. The molecule has 2 bridgehead atoms. The normalized spacial score (nSPS) is 57.7.